The summed E-state index contributed by atoms with van der Waals surface area (Å²) in [6, 6.07) is 3.97. The van der Waals surface area contributed by atoms with Gasteiger partial charge in [0.05, 0.1) is 16.9 Å². The van der Waals surface area contributed by atoms with Crippen LogP contribution in [0.2, 0.25) is 5.02 Å². The van der Waals surface area contributed by atoms with Crippen LogP contribution in [0.3, 0.4) is 0 Å². The molecule has 1 heterocycles. The highest BCUT2D eigenvalue weighted by atomic mass is 35.5. The van der Waals surface area contributed by atoms with Crippen LogP contribution in [-0.4, -0.2) is 29.0 Å². The van der Waals surface area contributed by atoms with Crippen molar-refractivity contribution in [2.45, 2.75) is 13.3 Å². The summed E-state index contributed by atoms with van der Waals surface area (Å²) >= 11 is 5.58. The van der Waals surface area contributed by atoms with Crippen LogP contribution in [0, 0.1) is 12.7 Å². The number of nitrogens with zero attached hydrogens (tertiary/aromatic N) is 2. The van der Waals surface area contributed by atoms with E-state index in [0.29, 0.717) is 24.5 Å². The van der Waals surface area contributed by atoms with Crippen LogP contribution in [0.5, 0.6) is 5.75 Å². The van der Waals surface area contributed by atoms with Gasteiger partial charge in [-0.15, -0.1) is 0 Å². The molecule has 132 valence electrons. The van der Waals surface area contributed by atoms with Crippen molar-refractivity contribution in [1.82, 2.24) is 15.3 Å². The molecule has 0 bridgehead atoms. The lowest BCUT2D eigenvalue weighted by molar-refractivity contribution is -0.122. The monoisotopic (exact) mass is 364 g/mol. The van der Waals surface area contributed by atoms with E-state index in [1.807, 2.05) is 6.92 Å². The number of hydrogen-bond acceptors (Lipinski definition) is 5. The number of carbonyl (C=O) groups is 1. The second-order valence-electron chi connectivity index (χ2n) is 5.24. The number of hydrogen-bond donors (Lipinski definition) is 2. The molecule has 0 fully saturated rings. The summed E-state index contributed by atoms with van der Waals surface area (Å²) < 4.78 is 18.5. The molecule has 0 saturated heterocycles. The van der Waals surface area contributed by atoms with E-state index in [9.17, 15) is 9.18 Å². The number of rotatable bonds is 8. The Balaban J connectivity index is 1.69. The predicted molar refractivity (Wildman–Crippen MR) is 94.1 cm³/mol. The third-order valence-electron chi connectivity index (χ3n) is 3.07. The van der Waals surface area contributed by atoms with Crippen molar-refractivity contribution in [3.05, 3.63) is 59.4 Å². The highest BCUT2D eigenvalue weighted by molar-refractivity contribution is 6.30. The number of nitrogens with one attached hydrogen (secondary N) is 2. The van der Waals surface area contributed by atoms with Gasteiger partial charge in [-0.25, -0.2) is 9.37 Å². The van der Waals surface area contributed by atoms with E-state index >= 15 is 0 Å². The zero-order chi connectivity index (χ0) is 18.2. The van der Waals surface area contributed by atoms with Gasteiger partial charge in [-0.1, -0.05) is 18.2 Å². The summed E-state index contributed by atoms with van der Waals surface area (Å²) in [5, 5.41) is 5.70. The first-order chi connectivity index (χ1) is 11.9. The van der Waals surface area contributed by atoms with Crippen LogP contribution in [0.4, 0.5) is 10.2 Å². The summed E-state index contributed by atoms with van der Waals surface area (Å²) in [6.07, 6.45) is 3.79. The Labute approximate surface area is 150 Å². The van der Waals surface area contributed by atoms with Crippen molar-refractivity contribution in [3.8, 4) is 5.75 Å². The number of aryl methyl sites for hydroxylation is 1. The summed E-state index contributed by atoms with van der Waals surface area (Å²) in [5.41, 5.74) is 1.34. The van der Waals surface area contributed by atoms with E-state index in [1.165, 1.54) is 12.1 Å². The van der Waals surface area contributed by atoms with Crippen LogP contribution in [0.1, 0.15) is 12.1 Å². The molecule has 0 aliphatic heterocycles. The third kappa shape index (κ3) is 6.39. The number of ether oxygens (including phenoxy) is 1. The zero-order valence-electron chi connectivity index (χ0n) is 13.7. The van der Waals surface area contributed by atoms with Gasteiger partial charge in [0.15, 0.2) is 6.61 Å². The average molecular weight is 365 g/mol. The maximum absolute atomic E-state index is 13.3. The Bertz CT molecular complexity index is 770. The fourth-order valence-electron chi connectivity index (χ4n) is 1.90. The van der Waals surface area contributed by atoms with Gasteiger partial charge in [-0.2, -0.15) is 0 Å². The van der Waals surface area contributed by atoms with E-state index in [0.717, 1.165) is 11.8 Å². The van der Waals surface area contributed by atoms with Crippen molar-refractivity contribution in [2.75, 3.05) is 18.5 Å². The quantitative estimate of drug-likeness (QED) is 0.752. The number of carbonyl (C=O) groups excluding carboxylic acids is 1. The molecule has 0 aliphatic rings. The van der Waals surface area contributed by atoms with Gasteiger partial charge >= 0.3 is 0 Å². The standard InChI is InChI=1S/C17H18ClFN4O2/c1-11(5-6-21-16-9-20-8-12(2)22-16)23-17(24)10-25-13-3-4-14(18)15(19)7-13/h3-4,7-9H,1,5-6,10H2,2H3,(H,21,22)(H,23,24). The van der Waals surface area contributed by atoms with E-state index < -0.39 is 5.82 Å². The molecule has 1 aromatic carbocycles. The minimum Gasteiger partial charge on any atom is -0.484 e. The molecule has 8 heteroatoms. The first kappa shape index (κ1) is 18.7. The molecule has 6 nitrogen and oxygen atoms in total. The molecule has 0 radical (unpaired) electrons. The SMILES string of the molecule is C=C(CCNc1cncc(C)n1)NC(=O)COc1ccc(Cl)c(F)c1. The largest absolute Gasteiger partial charge is 0.484 e. The Hall–Kier alpha value is -2.67. The number of halogens is 2. The number of aromatic nitrogens is 2. The minimum atomic E-state index is -0.602. The van der Waals surface area contributed by atoms with Crippen LogP contribution in [-0.2, 0) is 4.79 Å². The molecule has 1 aromatic heterocycles. The van der Waals surface area contributed by atoms with Gasteiger partial charge in [-0.3, -0.25) is 9.78 Å². The van der Waals surface area contributed by atoms with Crippen molar-refractivity contribution < 1.29 is 13.9 Å². The molecule has 0 aliphatic carbocycles. The summed E-state index contributed by atoms with van der Waals surface area (Å²) in [7, 11) is 0. The van der Waals surface area contributed by atoms with Gasteiger partial charge in [0, 0.05) is 30.9 Å². The second-order valence-corrected chi connectivity index (χ2v) is 5.65. The van der Waals surface area contributed by atoms with Gasteiger partial charge in [0.25, 0.3) is 5.91 Å². The van der Waals surface area contributed by atoms with Gasteiger partial charge < -0.3 is 15.4 Å². The minimum absolute atomic E-state index is 0.00372. The van der Waals surface area contributed by atoms with E-state index in [-0.39, 0.29) is 23.3 Å². The van der Waals surface area contributed by atoms with Crippen molar-refractivity contribution in [2.24, 2.45) is 0 Å². The molecular weight excluding hydrogens is 347 g/mol. The van der Waals surface area contributed by atoms with Gasteiger partial charge in [0.2, 0.25) is 0 Å². The smallest absolute Gasteiger partial charge is 0.262 e. The average Bonchev–Trinajstić information content (AvgIpc) is 2.56. The number of anilines is 1. The van der Waals surface area contributed by atoms with Gasteiger partial charge in [-0.05, 0) is 19.1 Å². The molecule has 0 spiro atoms. The molecule has 2 N–H and O–H groups in total. The van der Waals surface area contributed by atoms with Crippen LogP contribution >= 0.6 is 11.6 Å². The molecule has 25 heavy (non-hydrogen) atoms. The Morgan fingerprint density at radius 1 is 1.40 bits per heavy atom. The van der Waals surface area contributed by atoms with Crippen molar-refractivity contribution in [1.29, 1.82) is 0 Å². The fourth-order valence-corrected chi connectivity index (χ4v) is 2.02. The third-order valence-corrected chi connectivity index (χ3v) is 3.37. The first-order valence-corrected chi connectivity index (χ1v) is 7.90. The molecule has 0 saturated carbocycles. The molecule has 0 atom stereocenters. The van der Waals surface area contributed by atoms with Crippen LogP contribution in [0.25, 0.3) is 0 Å². The van der Waals surface area contributed by atoms with Crippen molar-refractivity contribution in [3.63, 3.8) is 0 Å². The Morgan fingerprint density at radius 3 is 2.92 bits per heavy atom. The normalized spacial score (nSPS) is 10.2. The topological polar surface area (TPSA) is 76.1 Å². The summed E-state index contributed by atoms with van der Waals surface area (Å²) in [5.74, 6) is -0.0976. The molecular formula is C17H18ClFN4O2. The van der Waals surface area contributed by atoms with Gasteiger partial charge in [0.1, 0.15) is 17.4 Å². The highest BCUT2D eigenvalue weighted by Gasteiger charge is 2.07. The molecule has 2 aromatic rings. The number of amides is 1. The van der Waals surface area contributed by atoms with E-state index in [1.54, 1.807) is 12.4 Å². The lowest BCUT2D eigenvalue weighted by atomic mass is 10.3. The fraction of sp³-hybridized carbons (Fsp3) is 0.235. The first-order valence-electron chi connectivity index (χ1n) is 7.52. The number of benzene rings is 1. The second kappa shape index (κ2) is 8.98. The van der Waals surface area contributed by atoms with Crippen LogP contribution in [0.15, 0.2) is 42.9 Å². The van der Waals surface area contributed by atoms with Crippen molar-refractivity contribution >= 4 is 23.3 Å². The molecule has 2 rings (SSSR count). The van der Waals surface area contributed by atoms with E-state index in [4.69, 9.17) is 16.3 Å². The predicted octanol–water partition coefficient (Wildman–Crippen LogP) is 3.09. The maximum atomic E-state index is 13.3. The zero-order valence-corrected chi connectivity index (χ0v) is 14.4. The van der Waals surface area contributed by atoms with Crippen LogP contribution < -0.4 is 15.4 Å². The summed E-state index contributed by atoms with van der Waals surface area (Å²) in [6.45, 7) is 5.92. The molecule has 0 unspecified atom stereocenters. The molecule has 1 amide bonds. The Morgan fingerprint density at radius 2 is 2.20 bits per heavy atom. The lowest BCUT2D eigenvalue weighted by Crippen LogP contribution is -2.28. The summed E-state index contributed by atoms with van der Waals surface area (Å²) in [4.78, 5) is 20.1. The lowest BCUT2D eigenvalue weighted by Gasteiger charge is -2.11. The maximum Gasteiger partial charge on any atom is 0.262 e. The Kier molecular flexibility index (Phi) is 6.71. The van der Waals surface area contributed by atoms with E-state index in [2.05, 4.69) is 27.2 Å². The highest BCUT2D eigenvalue weighted by Crippen LogP contribution is 2.20.